The Kier molecular flexibility index (Phi) is 5.21. The van der Waals surface area contributed by atoms with Crippen LogP contribution in [-0.4, -0.2) is 21.1 Å². The fourth-order valence-corrected chi connectivity index (χ4v) is 4.08. The molecule has 1 aromatic heterocycles. The first-order valence-corrected chi connectivity index (χ1v) is 9.79. The Labute approximate surface area is 174 Å². The zero-order valence-electron chi connectivity index (χ0n) is 15.5. The van der Waals surface area contributed by atoms with Gasteiger partial charge in [-0.25, -0.2) is 0 Å². The zero-order valence-corrected chi connectivity index (χ0v) is 16.3. The maximum absolute atomic E-state index is 12.6. The van der Waals surface area contributed by atoms with Crippen LogP contribution < -0.4 is 5.73 Å². The van der Waals surface area contributed by atoms with Gasteiger partial charge in [-0.1, -0.05) is 18.2 Å². The summed E-state index contributed by atoms with van der Waals surface area (Å²) >= 11 is -0.158. The Hall–Kier alpha value is -2.97. The number of aliphatic hydroxyl groups excluding tert-OH is 1. The van der Waals surface area contributed by atoms with Gasteiger partial charge < -0.3 is 15.4 Å². The molecule has 8 heteroatoms. The van der Waals surface area contributed by atoms with Crippen LogP contribution in [0.4, 0.5) is 13.2 Å². The van der Waals surface area contributed by atoms with Crippen molar-refractivity contribution in [3.63, 3.8) is 0 Å². The van der Waals surface area contributed by atoms with Crippen LogP contribution in [0.25, 0.3) is 21.8 Å². The smallest absolute Gasteiger partial charge is 0.392 e. The van der Waals surface area contributed by atoms with Gasteiger partial charge in [-0.05, 0) is 65.4 Å². The van der Waals surface area contributed by atoms with Crippen molar-refractivity contribution in [3.05, 3.63) is 77.4 Å². The van der Waals surface area contributed by atoms with Gasteiger partial charge in [0, 0.05) is 27.8 Å². The fourth-order valence-electron chi connectivity index (χ4n) is 3.55. The number of benzene rings is 3. The zero-order chi connectivity index (χ0) is 21.5. The van der Waals surface area contributed by atoms with Crippen LogP contribution in [0.1, 0.15) is 21.5 Å². The molecule has 0 saturated carbocycles. The summed E-state index contributed by atoms with van der Waals surface area (Å²) in [5, 5.41) is 10.9. The number of nitrogens with two attached hydrogens (primary N) is 1. The van der Waals surface area contributed by atoms with E-state index in [0.29, 0.717) is 28.4 Å². The number of hydrogen-bond acceptors (Lipinski definition) is 3. The first kappa shape index (κ1) is 20.3. The lowest BCUT2D eigenvalue weighted by atomic mass is 10.0. The molecule has 30 heavy (non-hydrogen) atoms. The van der Waals surface area contributed by atoms with E-state index >= 15 is 0 Å². The second-order valence-corrected chi connectivity index (χ2v) is 7.91. The summed E-state index contributed by atoms with van der Waals surface area (Å²) < 4.78 is 39.6. The molecule has 0 bridgehead atoms. The lowest BCUT2D eigenvalue weighted by molar-refractivity contribution is -0.0328. The molecule has 0 atom stereocenters. The van der Waals surface area contributed by atoms with E-state index in [0.717, 1.165) is 16.6 Å². The van der Waals surface area contributed by atoms with Crippen molar-refractivity contribution in [2.45, 2.75) is 23.6 Å². The molecule has 4 nitrogen and oxygen atoms in total. The summed E-state index contributed by atoms with van der Waals surface area (Å²) in [6.45, 7) is 0.196. The van der Waals surface area contributed by atoms with E-state index in [4.69, 9.17) is 5.73 Å². The third-order valence-corrected chi connectivity index (χ3v) is 5.54. The Morgan fingerprint density at radius 1 is 1.10 bits per heavy atom. The molecular weight excluding hydrogens is 413 g/mol. The van der Waals surface area contributed by atoms with E-state index in [2.05, 4.69) is 6.07 Å². The van der Waals surface area contributed by atoms with Gasteiger partial charge in [0.15, 0.2) is 0 Å². The summed E-state index contributed by atoms with van der Waals surface area (Å²) in [7, 11) is 0. The average molecular weight is 429 g/mol. The number of amides is 1. The van der Waals surface area contributed by atoms with E-state index in [1.54, 1.807) is 30.3 Å². The quantitative estimate of drug-likeness (QED) is 0.446. The highest BCUT2D eigenvalue weighted by Crippen LogP contribution is 2.37. The molecule has 153 valence electrons. The molecule has 0 aliphatic heterocycles. The lowest BCUT2D eigenvalue weighted by Gasteiger charge is -2.10. The molecule has 4 aromatic rings. The third kappa shape index (κ3) is 3.88. The maximum Gasteiger partial charge on any atom is 0.446 e. The minimum atomic E-state index is -4.34. The summed E-state index contributed by atoms with van der Waals surface area (Å²) in [5.74, 6) is -0.562. The van der Waals surface area contributed by atoms with Crippen LogP contribution >= 0.6 is 11.8 Å². The summed E-state index contributed by atoms with van der Waals surface area (Å²) in [4.78, 5) is 12.1. The SMILES string of the molecule is NC(=O)c1cccc2c1c1[c]cc(CO)cc1n2Cc1ccc(SC(F)(F)F)cc1. The van der Waals surface area contributed by atoms with E-state index in [1.165, 1.54) is 12.1 Å². The highest BCUT2D eigenvalue weighted by atomic mass is 32.2. The molecule has 3 aromatic carbocycles. The summed E-state index contributed by atoms with van der Waals surface area (Å²) in [5.41, 5.74) is 4.53. The fraction of sp³-hybridized carbons (Fsp3) is 0.136. The van der Waals surface area contributed by atoms with Crippen molar-refractivity contribution in [1.29, 1.82) is 0 Å². The van der Waals surface area contributed by atoms with Gasteiger partial charge in [0.05, 0.1) is 17.6 Å². The van der Waals surface area contributed by atoms with Crippen LogP contribution in [-0.2, 0) is 13.2 Å². The van der Waals surface area contributed by atoms with Crippen LogP contribution in [0.15, 0.2) is 59.5 Å². The van der Waals surface area contributed by atoms with Crippen molar-refractivity contribution in [1.82, 2.24) is 4.57 Å². The molecule has 1 amide bonds. The molecular formula is C22H16F3N2O2S. The lowest BCUT2D eigenvalue weighted by Crippen LogP contribution is -2.11. The highest BCUT2D eigenvalue weighted by Gasteiger charge is 2.29. The largest absolute Gasteiger partial charge is 0.446 e. The van der Waals surface area contributed by atoms with E-state index in [1.807, 2.05) is 16.7 Å². The Balaban J connectivity index is 1.85. The van der Waals surface area contributed by atoms with Crippen molar-refractivity contribution in [2.24, 2.45) is 5.73 Å². The number of hydrogen-bond donors (Lipinski definition) is 2. The maximum atomic E-state index is 12.6. The number of primary amides is 1. The van der Waals surface area contributed by atoms with Crippen LogP contribution in [0.5, 0.6) is 0 Å². The van der Waals surface area contributed by atoms with Crippen LogP contribution in [0.2, 0.25) is 0 Å². The number of halogens is 3. The average Bonchev–Trinajstić information content (AvgIpc) is 3.01. The molecule has 4 rings (SSSR count). The van der Waals surface area contributed by atoms with Gasteiger partial charge in [-0.15, -0.1) is 0 Å². The number of carbonyl (C=O) groups is 1. The molecule has 1 heterocycles. The Bertz CT molecular complexity index is 1250. The standard InChI is InChI=1S/C22H16F3N2O2S/c23-22(24,25)30-15-7-4-13(5-8-15)11-27-18-3-1-2-17(21(26)29)20(18)16-9-6-14(12-28)10-19(16)27/h1-8,10,28H,11-12H2,(H2,26,29). The van der Waals surface area contributed by atoms with Crippen molar-refractivity contribution >= 4 is 39.5 Å². The van der Waals surface area contributed by atoms with Crippen LogP contribution in [0, 0.1) is 6.07 Å². The molecule has 0 fully saturated rings. The van der Waals surface area contributed by atoms with Gasteiger partial charge in [0.1, 0.15) is 0 Å². The highest BCUT2D eigenvalue weighted by molar-refractivity contribution is 8.00. The van der Waals surface area contributed by atoms with Crippen LogP contribution in [0.3, 0.4) is 0 Å². The molecule has 0 aliphatic carbocycles. The normalized spacial score (nSPS) is 12.0. The van der Waals surface area contributed by atoms with Crippen molar-refractivity contribution in [2.75, 3.05) is 0 Å². The third-order valence-electron chi connectivity index (χ3n) is 4.80. The number of aromatic nitrogens is 1. The molecule has 0 aliphatic rings. The molecule has 1 radical (unpaired) electrons. The number of alkyl halides is 3. The topological polar surface area (TPSA) is 68.2 Å². The van der Waals surface area contributed by atoms with Gasteiger partial charge >= 0.3 is 5.51 Å². The van der Waals surface area contributed by atoms with Gasteiger partial charge in [0.25, 0.3) is 0 Å². The van der Waals surface area contributed by atoms with E-state index in [9.17, 15) is 23.1 Å². The van der Waals surface area contributed by atoms with Crippen molar-refractivity contribution in [3.8, 4) is 0 Å². The minimum Gasteiger partial charge on any atom is -0.392 e. The minimum absolute atomic E-state index is 0.111. The van der Waals surface area contributed by atoms with Gasteiger partial charge in [-0.2, -0.15) is 13.2 Å². The Morgan fingerprint density at radius 2 is 1.83 bits per heavy atom. The molecule has 3 N–H and O–H groups in total. The first-order chi connectivity index (χ1) is 14.3. The van der Waals surface area contributed by atoms with Gasteiger partial charge in [-0.3, -0.25) is 4.79 Å². The summed E-state index contributed by atoms with van der Waals surface area (Å²) in [6, 6.07) is 18.0. The van der Waals surface area contributed by atoms with E-state index in [-0.39, 0.29) is 23.3 Å². The molecule has 0 spiro atoms. The van der Waals surface area contributed by atoms with Gasteiger partial charge in [0.2, 0.25) is 5.91 Å². The number of nitrogens with zero attached hydrogens (tertiary/aromatic N) is 1. The predicted molar refractivity (Wildman–Crippen MR) is 110 cm³/mol. The number of rotatable bonds is 5. The van der Waals surface area contributed by atoms with E-state index < -0.39 is 11.4 Å². The predicted octanol–water partition coefficient (Wildman–Crippen LogP) is 4.85. The molecule has 0 unspecified atom stereocenters. The number of carbonyl (C=O) groups excluding carboxylic acids is 1. The first-order valence-electron chi connectivity index (χ1n) is 8.97. The summed E-state index contributed by atoms with van der Waals surface area (Å²) in [6.07, 6.45) is 0. The number of aliphatic hydroxyl groups is 1. The van der Waals surface area contributed by atoms with Crippen molar-refractivity contribution < 1.29 is 23.1 Å². The monoisotopic (exact) mass is 429 g/mol. The Morgan fingerprint density at radius 3 is 2.47 bits per heavy atom. The number of fused-ring (bicyclic) bond motifs is 3. The second kappa shape index (κ2) is 7.70. The number of thioether (sulfide) groups is 1. The second-order valence-electron chi connectivity index (χ2n) is 6.77. The molecule has 0 saturated heterocycles.